The van der Waals surface area contributed by atoms with Gasteiger partial charge in [0.2, 0.25) is 0 Å². The molecule has 2 fully saturated rings. The van der Waals surface area contributed by atoms with Gasteiger partial charge >= 0.3 is 0 Å². The summed E-state index contributed by atoms with van der Waals surface area (Å²) in [5.41, 5.74) is 2.60. The van der Waals surface area contributed by atoms with Crippen LogP contribution in [0.25, 0.3) is 0 Å². The Hall–Kier alpha value is -1.22. The van der Waals surface area contributed by atoms with Gasteiger partial charge in [-0.1, -0.05) is 6.42 Å². The van der Waals surface area contributed by atoms with Crippen molar-refractivity contribution in [1.29, 1.82) is 0 Å². The second kappa shape index (κ2) is 6.49. The Kier molecular flexibility index (Phi) is 4.46. The summed E-state index contributed by atoms with van der Waals surface area (Å²) in [4.78, 5) is 2.47. The van der Waals surface area contributed by atoms with Crippen molar-refractivity contribution in [2.24, 2.45) is 5.92 Å². The molecule has 3 nitrogen and oxygen atoms in total. The van der Waals surface area contributed by atoms with Crippen LogP contribution in [-0.4, -0.2) is 32.8 Å². The van der Waals surface area contributed by atoms with E-state index in [4.69, 9.17) is 4.74 Å². The smallest absolute Gasteiger partial charge is 0.122 e. The predicted octanol–water partition coefficient (Wildman–Crippen LogP) is 2.97. The number of hydrogen-bond donors (Lipinski definition) is 1. The molecule has 1 heterocycles. The van der Waals surface area contributed by atoms with E-state index in [2.05, 4.69) is 35.3 Å². The lowest BCUT2D eigenvalue weighted by molar-refractivity contribution is 0.180. The zero-order valence-electron chi connectivity index (χ0n) is 12.5. The summed E-state index contributed by atoms with van der Waals surface area (Å²) >= 11 is 0. The van der Waals surface area contributed by atoms with Gasteiger partial charge < -0.3 is 15.0 Å². The number of anilines is 1. The van der Waals surface area contributed by atoms with E-state index >= 15 is 0 Å². The zero-order valence-corrected chi connectivity index (χ0v) is 12.5. The van der Waals surface area contributed by atoms with Crippen molar-refractivity contribution in [3.8, 4) is 5.75 Å². The standard InChI is InChI=1S/C17H26N2O/c1-14-12-16(19-10-3-8-18-9-11-19)6-7-17(14)20-13-15-4-2-5-15/h6-7,12,15,18H,2-5,8-11,13H2,1H3. The van der Waals surface area contributed by atoms with Gasteiger partial charge in [0.15, 0.2) is 0 Å². The molecule has 0 unspecified atom stereocenters. The Morgan fingerprint density at radius 2 is 2.10 bits per heavy atom. The van der Waals surface area contributed by atoms with Crippen LogP contribution in [0.1, 0.15) is 31.2 Å². The third-order valence-electron chi connectivity index (χ3n) is 4.56. The van der Waals surface area contributed by atoms with Crippen LogP contribution >= 0.6 is 0 Å². The van der Waals surface area contributed by atoms with E-state index in [-0.39, 0.29) is 0 Å². The lowest BCUT2D eigenvalue weighted by atomic mass is 9.86. The van der Waals surface area contributed by atoms with Gasteiger partial charge in [0.25, 0.3) is 0 Å². The molecule has 2 aliphatic rings. The highest BCUT2D eigenvalue weighted by atomic mass is 16.5. The minimum absolute atomic E-state index is 0.797. The molecule has 1 aromatic carbocycles. The van der Waals surface area contributed by atoms with E-state index in [0.29, 0.717) is 0 Å². The summed E-state index contributed by atoms with van der Waals surface area (Å²) in [6.45, 7) is 7.52. The first kappa shape index (κ1) is 13.7. The lowest BCUT2D eigenvalue weighted by Gasteiger charge is -2.26. The molecule has 1 saturated carbocycles. The van der Waals surface area contributed by atoms with Crippen LogP contribution in [0.3, 0.4) is 0 Å². The molecule has 20 heavy (non-hydrogen) atoms. The number of hydrogen-bond acceptors (Lipinski definition) is 3. The van der Waals surface area contributed by atoms with Crippen LogP contribution in [0.2, 0.25) is 0 Å². The molecule has 1 aliphatic heterocycles. The third kappa shape index (κ3) is 3.26. The fourth-order valence-corrected chi connectivity index (χ4v) is 2.96. The van der Waals surface area contributed by atoms with Crippen molar-refractivity contribution >= 4 is 5.69 Å². The van der Waals surface area contributed by atoms with Gasteiger partial charge in [-0.05, 0) is 62.4 Å². The summed E-state index contributed by atoms with van der Waals surface area (Å²) in [6, 6.07) is 6.65. The number of aryl methyl sites for hydroxylation is 1. The lowest BCUT2D eigenvalue weighted by Crippen LogP contribution is -2.27. The average molecular weight is 274 g/mol. The molecular formula is C17H26N2O. The van der Waals surface area contributed by atoms with Gasteiger partial charge in [0.1, 0.15) is 5.75 Å². The highest BCUT2D eigenvalue weighted by Crippen LogP contribution is 2.29. The first-order chi connectivity index (χ1) is 9.83. The second-order valence-corrected chi connectivity index (χ2v) is 6.15. The Morgan fingerprint density at radius 1 is 1.20 bits per heavy atom. The van der Waals surface area contributed by atoms with Gasteiger partial charge in [-0.3, -0.25) is 0 Å². The maximum absolute atomic E-state index is 5.98. The van der Waals surface area contributed by atoms with Crippen LogP contribution in [0, 0.1) is 12.8 Å². The zero-order chi connectivity index (χ0) is 13.8. The largest absolute Gasteiger partial charge is 0.493 e. The second-order valence-electron chi connectivity index (χ2n) is 6.15. The molecule has 3 rings (SSSR count). The molecule has 110 valence electrons. The van der Waals surface area contributed by atoms with E-state index in [1.807, 2.05) is 0 Å². The molecule has 0 spiro atoms. The maximum Gasteiger partial charge on any atom is 0.122 e. The monoisotopic (exact) mass is 274 g/mol. The summed E-state index contributed by atoms with van der Waals surface area (Å²) in [5.74, 6) is 1.86. The predicted molar refractivity (Wildman–Crippen MR) is 83.7 cm³/mol. The molecule has 0 bridgehead atoms. The van der Waals surface area contributed by atoms with Crippen molar-refractivity contribution in [1.82, 2.24) is 5.32 Å². The van der Waals surface area contributed by atoms with Crippen molar-refractivity contribution in [2.45, 2.75) is 32.6 Å². The van der Waals surface area contributed by atoms with Crippen molar-refractivity contribution in [3.05, 3.63) is 23.8 Å². The van der Waals surface area contributed by atoms with Crippen LogP contribution in [0.4, 0.5) is 5.69 Å². The van der Waals surface area contributed by atoms with Gasteiger partial charge in [-0.25, -0.2) is 0 Å². The fraction of sp³-hybridized carbons (Fsp3) is 0.647. The first-order valence-electron chi connectivity index (χ1n) is 8.02. The van der Waals surface area contributed by atoms with Gasteiger partial charge in [0.05, 0.1) is 6.61 Å². The number of nitrogens with zero attached hydrogens (tertiary/aromatic N) is 1. The number of ether oxygens (including phenoxy) is 1. The molecule has 0 radical (unpaired) electrons. The van der Waals surface area contributed by atoms with Crippen LogP contribution in [0.5, 0.6) is 5.75 Å². The molecule has 1 aliphatic carbocycles. The highest BCUT2D eigenvalue weighted by molar-refractivity contribution is 5.53. The van der Waals surface area contributed by atoms with Gasteiger partial charge in [0, 0.05) is 25.3 Å². The SMILES string of the molecule is Cc1cc(N2CCCNCC2)ccc1OCC1CCC1. The summed E-state index contributed by atoms with van der Waals surface area (Å²) in [6.07, 6.45) is 5.30. The van der Waals surface area contributed by atoms with Crippen molar-refractivity contribution in [2.75, 3.05) is 37.7 Å². The quantitative estimate of drug-likeness (QED) is 0.913. The van der Waals surface area contributed by atoms with Crippen LogP contribution < -0.4 is 15.0 Å². The minimum Gasteiger partial charge on any atom is -0.493 e. The molecule has 1 saturated heterocycles. The fourth-order valence-electron chi connectivity index (χ4n) is 2.96. The van der Waals surface area contributed by atoms with E-state index in [1.165, 1.54) is 36.9 Å². The number of nitrogens with one attached hydrogen (secondary N) is 1. The van der Waals surface area contributed by atoms with Crippen molar-refractivity contribution < 1.29 is 4.74 Å². The van der Waals surface area contributed by atoms with Crippen LogP contribution in [0.15, 0.2) is 18.2 Å². The molecule has 0 amide bonds. The van der Waals surface area contributed by atoms with E-state index in [9.17, 15) is 0 Å². The Balaban J connectivity index is 1.62. The normalized spacial score (nSPS) is 20.4. The summed E-state index contributed by atoms with van der Waals surface area (Å²) in [5, 5.41) is 3.45. The third-order valence-corrected chi connectivity index (χ3v) is 4.56. The molecule has 1 N–H and O–H groups in total. The molecule has 1 aromatic rings. The van der Waals surface area contributed by atoms with E-state index in [1.54, 1.807) is 0 Å². The molecular weight excluding hydrogens is 248 g/mol. The number of benzene rings is 1. The van der Waals surface area contributed by atoms with E-state index < -0.39 is 0 Å². The first-order valence-corrected chi connectivity index (χ1v) is 8.02. The molecule has 0 aromatic heterocycles. The molecule has 3 heteroatoms. The van der Waals surface area contributed by atoms with E-state index in [0.717, 1.165) is 44.5 Å². The van der Waals surface area contributed by atoms with Crippen LogP contribution in [-0.2, 0) is 0 Å². The minimum atomic E-state index is 0.797. The maximum atomic E-state index is 5.98. The Labute approximate surface area is 122 Å². The van der Waals surface area contributed by atoms with Gasteiger partial charge in [-0.2, -0.15) is 0 Å². The number of rotatable bonds is 4. The summed E-state index contributed by atoms with van der Waals surface area (Å²) < 4.78 is 5.98. The molecule has 0 atom stereocenters. The average Bonchev–Trinajstić information content (AvgIpc) is 2.67. The van der Waals surface area contributed by atoms with Gasteiger partial charge in [-0.15, -0.1) is 0 Å². The Morgan fingerprint density at radius 3 is 2.85 bits per heavy atom. The topological polar surface area (TPSA) is 24.5 Å². The summed E-state index contributed by atoms with van der Waals surface area (Å²) in [7, 11) is 0. The van der Waals surface area contributed by atoms with Crippen molar-refractivity contribution in [3.63, 3.8) is 0 Å². The Bertz CT molecular complexity index is 435. The highest BCUT2D eigenvalue weighted by Gasteiger charge is 2.18.